The van der Waals surface area contributed by atoms with Gasteiger partial charge in [-0.25, -0.2) is 4.39 Å². The quantitative estimate of drug-likeness (QED) is 0.477. The minimum absolute atomic E-state index is 0.144. The van der Waals surface area contributed by atoms with Gasteiger partial charge in [0.25, 0.3) is 5.91 Å². The van der Waals surface area contributed by atoms with Gasteiger partial charge in [0.05, 0.1) is 4.47 Å². The second-order valence-corrected chi connectivity index (χ2v) is 3.27. The Morgan fingerprint density at radius 1 is 1.57 bits per heavy atom. The first-order valence-electron chi connectivity index (χ1n) is 3.54. The number of carbonyl (C=O) groups is 1. The van der Waals surface area contributed by atoms with Crippen molar-refractivity contribution < 1.29 is 14.4 Å². The third-order valence-electron chi connectivity index (χ3n) is 1.54. The van der Waals surface area contributed by atoms with E-state index in [0.717, 1.165) is 0 Å². The van der Waals surface area contributed by atoms with Gasteiger partial charge in [0.15, 0.2) is 5.71 Å². The van der Waals surface area contributed by atoms with Crippen LogP contribution in [0.5, 0.6) is 0 Å². The van der Waals surface area contributed by atoms with E-state index in [0.29, 0.717) is 0 Å². The molecular weight excluding hydrogens is 255 g/mol. The molecule has 0 bridgehead atoms. The number of hydrogen-bond acceptors (Lipinski definition) is 3. The molecule has 74 valence electrons. The molecule has 1 rings (SSSR count). The number of halogens is 2. The minimum atomic E-state index is -0.996. The molecule has 4 nitrogen and oxygen atoms in total. The van der Waals surface area contributed by atoms with Crippen LogP contribution in [0.4, 0.5) is 4.39 Å². The monoisotopic (exact) mass is 260 g/mol. The molecule has 1 amide bonds. The summed E-state index contributed by atoms with van der Waals surface area (Å²) in [5, 5.41) is 11.1. The number of nitrogens with zero attached hydrogens (tertiary/aromatic N) is 1. The van der Waals surface area contributed by atoms with Crippen molar-refractivity contribution >= 4 is 27.5 Å². The Balaban J connectivity index is 3.32. The Morgan fingerprint density at radius 3 is 2.71 bits per heavy atom. The highest BCUT2D eigenvalue weighted by molar-refractivity contribution is 9.10. The normalized spacial score (nSPS) is 11.4. The van der Waals surface area contributed by atoms with Crippen molar-refractivity contribution in [2.75, 3.05) is 0 Å². The van der Waals surface area contributed by atoms with Crippen LogP contribution in [0.1, 0.15) is 5.56 Å². The number of nitrogens with two attached hydrogens (primary N) is 1. The fourth-order valence-corrected chi connectivity index (χ4v) is 1.29. The Labute approximate surface area is 87.3 Å². The van der Waals surface area contributed by atoms with Crippen LogP contribution in [0.15, 0.2) is 27.8 Å². The Kier molecular flexibility index (Phi) is 3.19. The molecule has 0 aromatic heterocycles. The van der Waals surface area contributed by atoms with E-state index in [9.17, 15) is 9.18 Å². The number of hydrogen-bond donors (Lipinski definition) is 2. The number of rotatable bonds is 2. The molecular formula is C8H6BrFN2O2. The maximum absolute atomic E-state index is 13.4. The molecule has 3 N–H and O–H groups in total. The maximum Gasteiger partial charge on any atom is 0.271 e. The number of benzene rings is 1. The van der Waals surface area contributed by atoms with E-state index in [1.807, 2.05) is 0 Å². The number of amides is 1. The van der Waals surface area contributed by atoms with Gasteiger partial charge in [-0.3, -0.25) is 4.79 Å². The van der Waals surface area contributed by atoms with Crippen LogP contribution in [0.25, 0.3) is 0 Å². The summed E-state index contributed by atoms with van der Waals surface area (Å²) in [6.07, 6.45) is 0. The summed E-state index contributed by atoms with van der Waals surface area (Å²) in [5.41, 5.74) is 4.23. The van der Waals surface area contributed by atoms with Gasteiger partial charge in [-0.1, -0.05) is 11.2 Å². The van der Waals surface area contributed by atoms with E-state index in [1.54, 1.807) is 0 Å². The van der Waals surface area contributed by atoms with Gasteiger partial charge < -0.3 is 10.9 Å². The van der Waals surface area contributed by atoms with E-state index in [-0.39, 0.29) is 10.0 Å². The summed E-state index contributed by atoms with van der Waals surface area (Å²) in [4.78, 5) is 10.7. The molecule has 0 atom stereocenters. The van der Waals surface area contributed by atoms with Gasteiger partial charge in [-0.15, -0.1) is 0 Å². The zero-order valence-corrected chi connectivity index (χ0v) is 8.45. The summed E-state index contributed by atoms with van der Waals surface area (Å²) in [6, 6.07) is 4.24. The molecule has 14 heavy (non-hydrogen) atoms. The van der Waals surface area contributed by atoms with Crippen molar-refractivity contribution in [1.29, 1.82) is 0 Å². The molecule has 0 saturated carbocycles. The topological polar surface area (TPSA) is 75.7 Å². The summed E-state index contributed by atoms with van der Waals surface area (Å²) >= 11 is 2.93. The second kappa shape index (κ2) is 4.19. The van der Waals surface area contributed by atoms with E-state index in [4.69, 9.17) is 10.9 Å². The summed E-state index contributed by atoms with van der Waals surface area (Å²) < 4.78 is 13.5. The molecule has 0 aliphatic carbocycles. The van der Waals surface area contributed by atoms with Crippen molar-refractivity contribution in [2.24, 2.45) is 10.9 Å². The molecule has 0 aliphatic rings. The van der Waals surface area contributed by atoms with Crippen LogP contribution in [0.2, 0.25) is 0 Å². The maximum atomic E-state index is 13.4. The predicted molar refractivity (Wildman–Crippen MR) is 51.6 cm³/mol. The third-order valence-corrected chi connectivity index (χ3v) is 2.15. The highest BCUT2D eigenvalue weighted by Gasteiger charge is 2.17. The molecule has 6 heteroatoms. The molecule has 0 radical (unpaired) electrons. The highest BCUT2D eigenvalue weighted by atomic mass is 79.9. The van der Waals surface area contributed by atoms with Crippen LogP contribution in [0, 0.1) is 5.82 Å². The van der Waals surface area contributed by atoms with Crippen LogP contribution >= 0.6 is 15.9 Å². The number of oxime groups is 1. The molecule has 0 aliphatic heterocycles. The fourth-order valence-electron chi connectivity index (χ4n) is 0.923. The fraction of sp³-hybridized carbons (Fsp3) is 0. The summed E-state index contributed by atoms with van der Waals surface area (Å²) in [5.74, 6) is -1.69. The minimum Gasteiger partial charge on any atom is -0.410 e. The first-order chi connectivity index (χ1) is 6.57. The number of carbonyl (C=O) groups excluding carboxylic acids is 1. The van der Waals surface area contributed by atoms with Gasteiger partial charge in [0, 0.05) is 5.56 Å². The Bertz CT molecular complexity index is 406. The van der Waals surface area contributed by atoms with Crippen LogP contribution in [0.3, 0.4) is 0 Å². The van der Waals surface area contributed by atoms with E-state index in [2.05, 4.69) is 21.1 Å². The molecule has 0 saturated heterocycles. The zero-order valence-electron chi connectivity index (χ0n) is 6.87. The van der Waals surface area contributed by atoms with Crippen molar-refractivity contribution in [3.8, 4) is 0 Å². The van der Waals surface area contributed by atoms with Gasteiger partial charge >= 0.3 is 0 Å². The predicted octanol–water partition coefficient (Wildman–Crippen LogP) is 1.25. The summed E-state index contributed by atoms with van der Waals surface area (Å²) in [6.45, 7) is 0. The summed E-state index contributed by atoms with van der Waals surface area (Å²) in [7, 11) is 0. The van der Waals surface area contributed by atoms with Crippen LogP contribution in [-0.2, 0) is 4.79 Å². The lowest BCUT2D eigenvalue weighted by Crippen LogP contribution is -2.25. The highest BCUT2D eigenvalue weighted by Crippen LogP contribution is 2.19. The van der Waals surface area contributed by atoms with Gasteiger partial charge in [-0.05, 0) is 28.1 Å². The van der Waals surface area contributed by atoms with Crippen LogP contribution < -0.4 is 5.73 Å². The van der Waals surface area contributed by atoms with Gasteiger partial charge in [-0.2, -0.15) is 0 Å². The molecule has 1 aromatic carbocycles. The molecule has 0 fully saturated rings. The van der Waals surface area contributed by atoms with Crippen molar-refractivity contribution in [1.82, 2.24) is 0 Å². The molecule has 1 aromatic rings. The number of primary amides is 1. The van der Waals surface area contributed by atoms with Gasteiger partial charge in [0.1, 0.15) is 5.82 Å². The third kappa shape index (κ3) is 1.90. The first-order valence-corrected chi connectivity index (χ1v) is 4.33. The Morgan fingerprint density at radius 2 is 2.21 bits per heavy atom. The molecule has 0 spiro atoms. The Hall–Kier alpha value is -1.43. The van der Waals surface area contributed by atoms with E-state index >= 15 is 0 Å². The average Bonchev–Trinajstić information content (AvgIpc) is 2.13. The van der Waals surface area contributed by atoms with Crippen molar-refractivity contribution in [2.45, 2.75) is 0 Å². The lowest BCUT2D eigenvalue weighted by atomic mass is 10.1. The van der Waals surface area contributed by atoms with Gasteiger partial charge in [0.2, 0.25) is 0 Å². The smallest absolute Gasteiger partial charge is 0.271 e. The van der Waals surface area contributed by atoms with E-state index in [1.165, 1.54) is 18.2 Å². The first kappa shape index (κ1) is 10.6. The van der Waals surface area contributed by atoms with Crippen molar-refractivity contribution in [3.05, 3.63) is 34.1 Å². The average molecular weight is 261 g/mol. The zero-order chi connectivity index (χ0) is 10.7. The largest absolute Gasteiger partial charge is 0.410 e. The lowest BCUT2D eigenvalue weighted by Gasteiger charge is -2.02. The standard InChI is InChI=1S/C8H6BrFN2O2/c9-5-3-1-2-4(6(5)10)7(12-14)8(11)13/h1-3,14H,(H2,11,13). The van der Waals surface area contributed by atoms with Crippen molar-refractivity contribution in [3.63, 3.8) is 0 Å². The molecule has 0 unspecified atom stereocenters. The SMILES string of the molecule is NC(=O)C(=NO)c1cccc(Br)c1F. The second-order valence-electron chi connectivity index (χ2n) is 2.41. The lowest BCUT2D eigenvalue weighted by molar-refractivity contribution is -0.112. The molecule has 0 heterocycles. The van der Waals surface area contributed by atoms with Crippen LogP contribution in [-0.4, -0.2) is 16.8 Å². The van der Waals surface area contributed by atoms with E-state index < -0.39 is 17.4 Å².